The Morgan fingerprint density at radius 3 is 2.89 bits per heavy atom. The number of anilines is 1. The van der Waals surface area contributed by atoms with Crippen LogP contribution < -0.4 is 15.8 Å². The molecule has 1 fully saturated rings. The molecule has 19 heavy (non-hydrogen) atoms. The van der Waals surface area contributed by atoms with Crippen LogP contribution in [0.1, 0.15) is 19.3 Å². The zero-order valence-electron chi connectivity index (χ0n) is 10.8. The molecule has 1 aliphatic heterocycles. The van der Waals surface area contributed by atoms with E-state index in [4.69, 9.17) is 5.14 Å². The van der Waals surface area contributed by atoms with Gasteiger partial charge in [0.1, 0.15) is 10.7 Å². The lowest BCUT2D eigenvalue weighted by Gasteiger charge is -2.22. The van der Waals surface area contributed by atoms with Crippen molar-refractivity contribution in [1.82, 2.24) is 10.3 Å². The van der Waals surface area contributed by atoms with Crippen LogP contribution in [0.5, 0.6) is 0 Å². The summed E-state index contributed by atoms with van der Waals surface area (Å²) in [6, 6.07) is 3.10. The summed E-state index contributed by atoms with van der Waals surface area (Å²) in [5.74, 6) is 1.39. The molecule has 1 aliphatic rings. The maximum atomic E-state index is 11.1. The maximum absolute atomic E-state index is 11.1. The number of rotatable bonds is 5. The number of pyridine rings is 1. The lowest BCUT2D eigenvalue weighted by molar-refractivity contribution is 0.364. The van der Waals surface area contributed by atoms with Gasteiger partial charge in [-0.25, -0.2) is 18.5 Å². The maximum Gasteiger partial charge on any atom is 0.239 e. The smallest absolute Gasteiger partial charge is 0.239 e. The number of sulfonamides is 1. The summed E-state index contributed by atoms with van der Waals surface area (Å²) in [5.41, 5.74) is 0. The minimum Gasteiger partial charge on any atom is -0.370 e. The van der Waals surface area contributed by atoms with Crippen LogP contribution in [0.4, 0.5) is 5.82 Å². The Labute approximate surface area is 113 Å². The van der Waals surface area contributed by atoms with Crippen molar-refractivity contribution in [3.05, 3.63) is 18.3 Å². The zero-order valence-corrected chi connectivity index (χ0v) is 11.6. The van der Waals surface area contributed by atoms with E-state index in [-0.39, 0.29) is 4.90 Å². The monoisotopic (exact) mass is 284 g/mol. The summed E-state index contributed by atoms with van der Waals surface area (Å²) >= 11 is 0. The average Bonchev–Trinajstić information content (AvgIpc) is 2.39. The molecule has 0 amide bonds. The van der Waals surface area contributed by atoms with Gasteiger partial charge in [0.25, 0.3) is 0 Å². The van der Waals surface area contributed by atoms with Crippen LogP contribution in [-0.4, -0.2) is 33.0 Å². The highest BCUT2D eigenvalue weighted by Crippen LogP contribution is 2.14. The van der Waals surface area contributed by atoms with Gasteiger partial charge in [-0.05, 0) is 50.4 Å². The Morgan fingerprint density at radius 1 is 1.47 bits per heavy atom. The van der Waals surface area contributed by atoms with Gasteiger partial charge in [0.15, 0.2) is 0 Å². The second kappa shape index (κ2) is 6.31. The van der Waals surface area contributed by atoms with Gasteiger partial charge in [0, 0.05) is 12.7 Å². The third kappa shape index (κ3) is 4.45. The summed E-state index contributed by atoms with van der Waals surface area (Å²) in [7, 11) is -3.66. The molecule has 0 radical (unpaired) electrons. The van der Waals surface area contributed by atoms with Crippen molar-refractivity contribution in [3.63, 3.8) is 0 Å². The molecule has 0 bridgehead atoms. The highest BCUT2D eigenvalue weighted by atomic mass is 32.2. The van der Waals surface area contributed by atoms with Gasteiger partial charge in [0.2, 0.25) is 10.0 Å². The highest BCUT2D eigenvalue weighted by molar-refractivity contribution is 7.89. The average molecular weight is 284 g/mol. The molecule has 2 heterocycles. The van der Waals surface area contributed by atoms with Gasteiger partial charge in [0.05, 0.1) is 0 Å². The molecule has 1 saturated heterocycles. The Balaban J connectivity index is 1.80. The number of nitrogens with zero attached hydrogens (tertiary/aromatic N) is 1. The second-order valence-corrected chi connectivity index (χ2v) is 6.41. The van der Waals surface area contributed by atoms with Crippen molar-refractivity contribution in [2.75, 3.05) is 25.0 Å². The molecule has 0 spiro atoms. The number of primary sulfonamides is 1. The van der Waals surface area contributed by atoms with Gasteiger partial charge in [-0.1, -0.05) is 0 Å². The molecule has 0 aliphatic carbocycles. The predicted molar refractivity (Wildman–Crippen MR) is 74.3 cm³/mol. The van der Waals surface area contributed by atoms with Crippen molar-refractivity contribution in [3.8, 4) is 0 Å². The van der Waals surface area contributed by atoms with Crippen LogP contribution in [-0.2, 0) is 10.0 Å². The van der Waals surface area contributed by atoms with Crippen molar-refractivity contribution < 1.29 is 8.42 Å². The van der Waals surface area contributed by atoms with Crippen molar-refractivity contribution in [2.45, 2.75) is 24.2 Å². The Kier molecular flexibility index (Phi) is 4.73. The van der Waals surface area contributed by atoms with Crippen LogP contribution in [0, 0.1) is 5.92 Å². The number of nitrogens with one attached hydrogen (secondary N) is 2. The van der Waals surface area contributed by atoms with E-state index in [9.17, 15) is 8.42 Å². The second-order valence-electron chi connectivity index (χ2n) is 4.85. The summed E-state index contributed by atoms with van der Waals surface area (Å²) in [6.45, 7) is 3.05. The minimum absolute atomic E-state index is 0.0366. The Morgan fingerprint density at radius 2 is 2.32 bits per heavy atom. The molecule has 1 unspecified atom stereocenters. The van der Waals surface area contributed by atoms with E-state index in [1.165, 1.54) is 25.1 Å². The molecular formula is C12H20N4O2S. The van der Waals surface area contributed by atoms with Gasteiger partial charge < -0.3 is 10.6 Å². The van der Waals surface area contributed by atoms with Gasteiger partial charge in [-0.3, -0.25) is 0 Å². The fourth-order valence-corrected chi connectivity index (χ4v) is 2.69. The first kappa shape index (κ1) is 14.2. The van der Waals surface area contributed by atoms with Crippen LogP contribution in [0.15, 0.2) is 23.2 Å². The highest BCUT2D eigenvalue weighted by Gasteiger charge is 2.12. The fourth-order valence-electron chi connectivity index (χ4n) is 2.23. The third-order valence-corrected chi connectivity index (χ3v) is 4.22. The molecule has 106 valence electrons. The third-order valence-electron chi connectivity index (χ3n) is 3.32. The Bertz CT molecular complexity index is 495. The van der Waals surface area contributed by atoms with E-state index < -0.39 is 10.0 Å². The first-order valence-electron chi connectivity index (χ1n) is 6.49. The minimum atomic E-state index is -3.66. The predicted octanol–water partition coefficient (Wildman–Crippen LogP) is 0.531. The molecule has 7 heteroatoms. The SMILES string of the molecule is NS(=O)(=O)c1ccc(NCCC2CCCNC2)nc1. The molecule has 1 atom stereocenters. The standard InChI is InChI=1S/C12H20N4O2S/c13-19(17,18)11-3-4-12(16-9-11)15-7-5-10-2-1-6-14-8-10/h3-4,9-10,14H,1-2,5-8H2,(H,15,16)(H2,13,17,18). The zero-order chi connectivity index (χ0) is 13.7. The summed E-state index contributed by atoms with van der Waals surface area (Å²) < 4.78 is 22.2. The fraction of sp³-hybridized carbons (Fsp3) is 0.583. The summed E-state index contributed by atoms with van der Waals surface area (Å²) in [6.07, 6.45) is 4.88. The molecular weight excluding hydrogens is 264 g/mol. The van der Waals surface area contributed by atoms with Crippen LogP contribution >= 0.6 is 0 Å². The van der Waals surface area contributed by atoms with Crippen LogP contribution in [0.2, 0.25) is 0 Å². The first-order chi connectivity index (χ1) is 9.05. The molecule has 0 aromatic carbocycles. The number of hydrogen-bond donors (Lipinski definition) is 3. The quantitative estimate of drug-likeness (QED) is 0.733. The first-order valence-corrected chi connectivity index (χ1v) is 8.04. The number of nitrogens with two attached hydrogens (primary N) is 1. The van der Waals surface area contributed by atoms with Gasteiger partial charge >= 0.3 is 0 Å². The lowest BCUT2D eigenvalue weighted by atomic mass is 9.96. The van der Waals surface area contributed by atoms with E-state index >= 15 is 0 Å². The van der Waals surface area contributed by atoms with Crippen molar-refractivity contribution >= 4 is 15.8 Å². The summed E-state index contributed by atoms with van der Waals surface area (Å²) in [4.78, 5) is 4.08. The molecule has 4 N–H and O–H groups in total. The Hall–Kier alpha value is -1.18. The van der Waals surface area contributed by atoms with E-state index in [1.807, 2.05) is 0 Å². The number of piperidine rings is 1. The topological polar surface area (TPSA) is 97.1 Å². The molecule has 0 saturated carbocycles. The largest absolute Gasteiger partial charge is 0.370 e. The number of hydrogen-bond acceptors (Lipinski definition) is 5. The molecule has 1 aromatic heterocycles. The van der Waals surface area contributed by atoms with Gasteiger partial charge in [-0.2, -0.15) is 0 Å². The van der Waals surface area contributed by atoms with Crippen molar-refractivity contribution in [2.24, 2.45) is 11.1 Å². The number of aromatic nitrogens is 1. The van der Waals surface area contributed by atoms with Gasteiger partial charge in [-0.15, -0.1) is 0 Å². The van der Waals surface area contributed by atoms with E-state index in [2.05, 4.69) is 15.6 Å². The van der Waals surface area contributed by atoms with Crippen molar-refractivity contribution in [1.29, 1.82) is 0 Å². The molecule has 2 rings (SSSR count). The normalized spacial score (nSPS) is 20.2. The molecule has 1 aromatic rings. The molecule has 6 nitrogen and oxygen atoms in total. The van der Waals surface area contributed by atoms with E-state index in [0.717, 1.165) is 26.1 Å². The van der Waals surface area contributed by atoms with E-state index in [1.54, 1.807) is 6.07 Å². The summed E-state index contributed by atoms with van der Waals surface area (Å²) in [5, 5.41) is 11.6. The lowest BCUT2D eigenvalue weighted by Crippen LogP contribution is -2.30. The van der Waals surface area contributed by atoms with E-state index in [0.29, 0.717) is 11.7 Å². The van der Waals surface area contributed by atoms with Crippen LogP contribution in [0.3, 0.4) is 0 Å². The van der Waals surface area contributed by atoms with Crippen LogP contribution in [0.25, 0.3) is 0 Å².